The molecule has 0 saturated heterocycles. The standard InChI is InChI=1S/C16H13N3O3.C2H6/c1-10-5-6-11(16(21)22)8-12(10)18-15(20)13-9-17-14-4-2-3-7-19(13)14;1-2/h2-9H,1H3,(H,18,20)(H,21,22);1-2H3. The van der Waals surface area contributed by atoms with Gasteiger partial charge in [0.05, 0.1) is 11.8 Å². The summed E-state index contributed by atoms with van der Waals surface area (Å²) in [6.07, 6.45) is 3.23. The predicted molar refractivity (Wildman–Crippen MR) is 92.6 cm³/mol. The highest BCUT2D eigenvalue weighted by atomic mass is 16.4. The fraction of sp³-hybridized carbons (Fsp3) is 0.167. The van der Waals surface area contributed by atoms with Crippen molar-refractivity contribution in [3.8, 4) is 0 Å². The second-order valence-corrected chi connectivity index (χ2v) is 4.86. The van der Waals surface area contributed by atoms with Gasteiger partial charge in [0, 0.05) is 11.9 Å². The van der Waals surface area contributed by atoms with Crippen molar-refractivity contribution in [3.63, 3.8) is 0 Å². The van der Waals surface area contributed by atoms with Crippen molar-refractivity contribution in [1.29, 1.82) is 0 Å². The number of imidazole rings is 1. The van der Waals surface area contributed by atoms with Crippen molar-refractivity contribution >= 4 is 23.2 Å². The van der Waals surface area contributed by atoms with E-state index in [0.29, 0.717) is 17.0 Å². The van der Waals surface area contributed by atoms with Crippen LogP contribution >= 0.6 is 0 Å². The number of hydrogen-bond donors (Lipinski definition) is 2. The Balaban J connectivity index is 0.00000100. The van der Waals surface area contributed by atoms with Crippen LogP contribution in [-0.4, -0.2) is 26.4 Å². The fourth-order valence-electron chi connectivity index (χ4n) is 2.18. The number of anilines is 1. The zero-order chi connectivity index (χ0) is 17.7. The van der Waals surface area contributed by atoms with Crippen LogP contribution in [0.3, 0.4) is 0 Å². The van der Waals surface area contributed by atoms with E-state index in [1.54, 1.807) is 29.7 Å². The topological polar surface area (TPSA) is 83.7 Å². The van der Waals surface area contributed by atoms with Gasteiger partial charge in [-0.1, -0.05) is 26.0 Å². The lowest BCUT2D eigenvalue weighted by molar-refractivity contribution is 0.0696. The maximum Gasteiger partial charge on any atom is 0.335 e. The molecule has 0 spiro atoms. The van der Waals surface area contributed by atoms with E-state index in [9.17, 15) is 9.59 Å². The van der Waals surface area contributed by atoms with Crippen molar-refractivity contribution in [2.45, 2.75) is 20.8 Å². The zero-order valence-electron chi connectivity index (χ0n) is 13.8. The van der Waals surface area contributed by atoms with Gasteiger partial charge in [-0.3, -0.25) is 9.20 Å². The maximum atomic E-state index is 12.4. The molecule has 24 heavy (non-hydrogen) atoms. The lowest BCUT2D eigenvalue weighted by Gasteiger charge is -2.09. The highest BCUT2D eigenvalue weighted by Crippen LogP contribution is 2.18. The summed E-state index contributed by atoms with van der Waals surface area (Å²) in [5.74, 6) is -1.38. The highest BCUT2D eigenvalue weighted by Gasteiger charge is 2.14. The first-order chi connectivity index (χ1) is 11.6. The maximum absolute atomic E-state index is 12.4. The van der Waals surface area contributed by atoms with Crippen molar-refractivity contribution in [2.75, 3.05) is 5.32 Å². The molecule has 0 atom stereocenters. The fourth-order valence-corrected chi connectivity index (χ4v) is 2.18. The summed E-state index contributed by atoms with van der Waals surface area (Å²) in [5, 5.41) is 11.8. The number of carbonyl (C=O) groups is 2. The van der Waals surface area contributed by atoms with Gasteiger partial charge < -0.3 is 10.4 Å². The summed E-state index contributed by atoms with van der Waals surface area (Å²) < 4.78 is 1.67. The Morgan fingerprint density at radius 3 is 2.62 bits per heavy atom. The summed E-state index contributed by atoms with van der Waals surface area (Å²) in [6.45, 7) is 5.80. The van der Waals surface area contributed by atoms with Crippen molar-refractivity contribution in [2.24, 2.45) is 0 Å². The van der Waals surface area contributed by atoms with E-state index in [0.717, 1.165) is 5.56 Å². The molecule has 6 heteroatoms. The molecule has 0 radical (unpaired) electrons. The second kappa shape index (κ2) is 7.41. The largest absolute Gasteiger partial charge is 0.478 e. The Kier molecular flexibility index (Phi) is 5.31. The number of aromatic carboxylic acids is 1. The SMILES string of the molecule is CC.Cc1ccc(C(=O)O)cc1NC(=O)c1cnc2ccccn12. The van der Waals surface area contributed by atoms with Crippen LogP contribution in [0.1, 0.15) is 40.3 Å². The van der Waals surface area contributed by atoms with E-state index in [1.807, 2.05) is 26.0 Å². The van der Waals surface area contributed by atoms with Gasteiger partial charge in [-0.25, -0.2) is 9.78 Å². The number of hydrogen-bond acceptors (Lipinski definition) is 3. The molecule has 2 N–H and O–H groups in total. The molecule has 0 aliphatic heterocycles. The average molecular weight is 325 g/mol. The van der Waals surface area contributed by atoms with Gasteiger partial charge in [0.2, 0.25) is 0 Å². The number of rotatable bonds is 3. The summed E-state index contributed by atoms with van der Waals surface area (Å²) in [5.41, 5.74) is 2.43. The molecule has 124 valence electrons. The van der Waals surface area contributed by atoms with Crippen LogP contribution in [0, 0.1) is 6.92 Å². The van der Waals surface area contributed by atoms with Crippen molar-refractivity contribution < 1.29 is 14.7 Å². The van der Waals surface area contributed by atoms with Gasteiger partial charge in [-0.05, 0) is 36.8 Å². The smallest absolute Gasteiger partial charge is 0.335 e. The molecule has 2 aromatic heterocycles. The number of carboxylic acid groups (broad SMARTS) is 1. The highest BCUT2D eigenvalue weighted by molar-refractivity contribution is 6.04. The molecular formula is C18H19N3O3. The van der Waals surface area contributed by atoms with Crippen LogP contribution in [0.15, 0.2) is 48.8 Å². The third kappa shape index (κ3) is 3.43. The number of carboxylic acids is 1. The van der Waals surface area contributed by atoms with Crippen LogP contribution in [0.4, 0.5) is 5.69 Å². The van der Waals surface area contributed by atoms with Crippen LogP contribution in [0.2, 0.25) is 0 Å². The molecule has 3 rings (SSSR count). The van der Waals surface area contributed by atoms with Gasteiger partial charge in [0.1, 0.15) is 11.3 Å². The predicted octanol–water partition coefficient (Wildman–Crippen LogP) is 3.62. The molecule has 6 nitrogen and oxygen atoms in total. The number of pyridine rings is 1. The van der Waals surface area contributed by atoms with E-state index in [1.165, 1.54) is 18.3 Å². The number of amides is 1. The van der Waals surface area contributed by atoms with Crippen LogP contribution < -0.4 is 5.32 Å². The van der Waals surface area contributed by atoms with Gasteiger partial charge >= 0.3 is 5.97 Å². The molecule has 1 amide bonds. The summed E-state index contributed by atoms with van der Waals surface area (Å²) >= 11 is 0. The quantitative estimate of drug-likeness (QED) is 0.770. The lowest BCUT2D eigenvalue weighted by Crippen LogP contribution is -2.15. The van der Waals surface area contributed by atoms with Crippen molar-refractivity contribution in [1.82, 2.24) is 9.38 Å². The Morgan fingerprint density at radius 2 is 1.92 bits per heavy atom. The van der Waals surface area contributed by atoms with Gasteiger partial charge in [0.25, 0.3) is 5.91 Å². The Bertz CT molecular complexity index is 884. The first-order valence-electron chi connectivity index (χ1n) is 7.63. The lowest BCUT2D eigenvalue weighted by atomic mass is 10.1. The molecule has 0 fully saturated rings. The molecule has 0 unspecified atom stereocenters. The average Bonchev–Trinajstić information content (AvgIpc) is 3.02. The van der Waals surface area contributed by atoms with Crippen LogP contribution in [-0.2, 0) is 0 Å². The van der Waals surface area contributed by atoms with E-state index < -0.39 is 5.97 Å². The van der Waals surface area contributed by atoms with E-state index in [-0.39, 0.29) is 11.5 Å². The summed E-state index contributed by atoms with van der Waals surface area (Å²) in [7, 11) is 0. The van der Waals surface area contributed by atoms with Gasteiger partial charge in [0.15, 0.2) is 0 Å². The number of aryl methyl sites for hydroxylation is 1. The van der Waals surface area contributed by atoms with Gasteiger partial charge in [-0.15, -0.1) is 0 Å². The first-order valence-corrected chi connectivity index (χ1v) is 7.63. The van der Waals surface area contributed by atoms with E-state index in [2.05, 4.69) is 10.3 Å². The molecule has 0 saturated carbocycles. The second-order valence-electron chi connectivity index (χ2n) is 4.86. The number of nitrogens with zero attached hydrogens (tertiary/aromatic N) is 2. The summed E-state index contributed by atoms with van der Waals surface area (Å²) in [6, 6.07) is 10.0. The van der Waals surface area contributed by atoms with Crippen LogP contribution in [0.5, 0.6) is 0 Å². The summed E-state index contributed by atoms with van der Waals surface area (Å²) in [4.78, 5) is 27.6. The van der Waals surface area contributed by atoms with E-state index in [4.69, 9.17) is 5.11 Å². The minimum atomic E-state index is -1.04. The number of fused-ring (bicyclic) bond motifs is 1. The molecule has 1 aromatic carbocycles. The molecule has 0 aliphatic carbocycles. The first kappa shape index (κ1) is 17.2. The monoisotopic (exact) mass is 325 g/mol. The number of nitrogens with one attached hydrogen (secondary N) is 1. The number of benzene rings is 1. The Hall–Kier alpha value is -3.15. The Morgan fingerprint density at radius 1 is 1.17 bits per heavy atom. The third-order valence-electron chi connectivity index (χ3n) is 3.38. The number of carbonyl (C=O) groups excluding carboxylic acids is 1. The van der Waals surface area contributed by atoms with E-state index >= 15 is 0 Å². The Labute approximate surface area is 139 Å². The number of aromatic nitrogens is 2. The zero-order valence-corrected chi connectivity index (χ0v) is 13.8. The molecule has 3 aromatic rings. The molecule has 0 aliphatic rings. The third-order valence-corrected chi connectivity index (χ3v) is 3.38. The van der Waals surface area contributed by atoms with Gasteiger partial charge in [-0.2, -0.15) is 0 Å². The minimum Gasteiger partial charge on any atom is -0.478 e. The van der Waals surface area contributed by atoms with Crippen LogP contribution in [0.25, 0.3) is 5.65 Å². The molecule has 0 bridgehead atoms. The minimum absolute atomic E-state index is 0.124. The molecule has 2 heterocycles. The van der Waals surface area contributed by atoms with Crippen molar-refractivity contribution in [3.05, 3.63) is 65.6 Å². The molecular weight excluding hydrogens is 306 g/mol. The normalized spacial score (nSPS) is 9.96.